The standard InChI is InChI=1S/C36H71N2/c1-4-6-8-10-12-14-16-18-19-21-23-25-27-29-31-33-38-35-34-37(36(38)3)32-30-28-26-24-22-20-17-15-13-11-9-7-5-2/h34-35H,4-33H2,1-3H3/q+1. The quantitative estimate of drug-likeness (QED) is 0.0689. The number of rotatable bonds is 30. The first-order valence-electron chi connectivity index (χ1n) is 17.8. The molecule has 1 heterocycles. The highest BCUT2D eigenvalue weighted by Crippen LogP contribution is 2.14. The molecule has 0 spiro atoms. The third kappa shape index (κ3) is 21.1. The summed E-state index contributed by atoms with van der Waals surface area (Å²) in [5, 5.41) is 0. The highest BCUT2D eigenvalue weighted by atomic mass is 15.1. The van der Waals surface area contributed by atoms with Gasteiger partial charge in [0.25, 0.3) is 5.82 Å². The number of nitrogens with zero attached hydrogens (tertiary/aromatic N) is 2. The number of unbranched alkanes of at least 4 members (excludes halogenated alkanes) is 26. The summed E-state index contributed by atoms with van der Waals surface area (Å²) < 4.78 is 4.98. The molecular weight excluding hydrogens is 460 g/mol. The van der Waals surface area contributed by atoms with Crippen molar-refractivity contribution in [2.45, 2.75) is 214 Å². The van der Waals surface area contributed by atoms with Crippen molar-refractivity contribution in [3.63, 3.8) is 0 Å². The van der Waals surface area contributed by atoms with Crippen molar-refractivity contribution in [3.8, 4) is 0 Å². The van der Waals surface area contributed by atoms with Crippen LogP contribution in [0.4, 0.5) is 0 Å². The molecule has 0 aliphatic heterocycles. The second-order valence-corrected chi connectivity index (χ2v) is 12.4. The molecule has 2 nitrogen and oxygen atoms in total. The Morgan fingerprint density at radius 1 is 0.447 bits per heavy atom. The first-order chi connectivity index (χ1) is 18.8. The van der Waals surface area contributed by atoms with Crippen molar-refractivity contribution in [1.82, 2.24) is 4.57 Å². The van der Waals surface area contributed by atoms with E-state index in [-0.39, 0.29) is 0 Å². The zero-order chi connectivity index (χ0) is 27.4. The smallest absolute Gasteiger partial charge is 0.234 e. The molecule has 0 unspecified atom stereocenters. The fraction of sp³-hybridized carbons (Fsp3) is 0.917. The van der Waals surface area contributed by atoms with Gasteiger partial charge < -0.3 is 0 Å². The lowest BCUT2D eigenvalue weighted by Gasteiger charge is -2.04. The fourth-order valence-electron chi connectivity index (χ4n) is 5.97. The van der Waals surface area contributed by atoms with Crippen LogP contribution in [-0.2, 0) is 13.1 Å². The lowest BCUT2D eigenvalue weighted by Crippen LogP contribution is -2.35. The third-order valence-electron chi connectivity index (χ3n) is 8.76. The van der Waals surface area contributed by atoms with Gasteiger partial charge in [0.05, 0.1) is 13.1 Å². The summed E-state index contributed by atoms with van der Waals surface area (Å²) in [6.45, 7) is 9.33. The van der Waals surface area contributed by atoms with Gasteiger partial charge >= 0.3 is 0 Å². The van der Waals surface area contributed by atoms with E-state index >= 15 is 0 Å². The Bertz CT molecular complexity index is 590. The van der Waals surface area contributed by atoms with Crippen molar-refractivity contribution in [1.29, 1.82) is 0 Å². The van der Waals surface area contributed by atoms with E-state index in [9.17, 15) is 0 Å². The fourth-order valence-corrected chi connectivity index (χ4v) is 5.97. The predicted molar refractivity (Wildman–Crippen MR) is 170 cm³/mol. The molecule has 0 fully saturated rings. The maximum atomic E-state index is 2.49. The Labute approximate surface area is 240 Å². The van der Waals surface area contributed by atoms with E-state index in [0.717, 1.165) is 0 Å². The van der Waals surface area contributed by atoms with Gasteiger partial charge in [-0.1, -0.05) is 168 Å². The monoisotopic (exact) mass is 532 g/mol. The Morgan fingerprint density at radius 2 is 0.763 bits per heavy atom. The number of imidazole rings is 1. The van der Waals surface area contributed by atoms with Crippen molar-refractivity contribution in [3.05, 3.63) is 18.2 Å². The molecule has 0 aliphatic carbocycles. The number of aryl methyl sites for hydroxylation is 2. The molecule has 1 aromatic heterocycles. The first kappa shape index (κ1) is 35.2. The minimum Gasteiger partial charge on any atom is -0.234 e. The molecule has 224 valence electrons. The largest absolute Gasteiger partial charge is 0.253 e. The summed E-state index contributed by atoms with van der Waals surface area (Å²) >= 11 is 0. The predicted octanol–water partition coefficient (Wildman–Crippen LogP) is 12.0. The van der Waals surface area contributed by atoms with Gasteiger partial charge in [0.1, 0.15) is 12.4 Å². The number of hydrogen-bond acceptors (Lipinski definition) is 0. The molecule has 2 heteroatoms. The Kier molecular flexibility index (Phi) is 25.7. The molecule has 0 aliphatic rings. The van der Waals surface area contributed by atoms with E-state index in [1.54, 1.807) is 0 Å². The third-order valence-corrected chi connectivity index (χ3v) is 8.76. The van der Waals surface area contributed by atoms with Crippen molar-refractivity contribution >= 4 is 0 Å². The van der Waals surface area contributed by atoms with E-state index in [2.05, 4.69) is 42.3 Å². The summed E-state index contributed by atoms with van der Waals surface area (Å²) in [7, 11) is 0. The minimum atomic E-state index is 1.20. The van der Waals surface area contributed by atoms with Crippen LogP contribution >= 0.6 is 0 Å². The van der Waals surface area contributed by atoms with Crippen LogP contribution in [-0.4, -0.2) is 4.57 Å². The second-order valence-electron chi connectivity index (χ2n) is 12.4. The molecule has 1 aromatic rings. The molecule has 0 radical (unpaired) electrons. The Morgan fingerprint density at radius 3 is 1.13 bits per heavy atom. The lowest BCUT2D eigenvalue weighted by atomic mass is 10.0. The normalized spacial score (nSPS) is 11.6. The van der Waals surface area contributed by atoms with Crippen LogP contribution in [0.25, 0.3) is 0 Å². The van der Waals surface area contributed by atoms with Crippen LogP contribution in [0.15, 0.2) is 12.4 Å². The highest BCUT2D eigenvalue weighted by Gasteiger charge is 2.11. The van der Waals surface area contributed by atoms with Crippen LogP contribution in [0, 0.1) is 6.92 Å². The summed E-state index contributed by atoms with van der Waals surface area (Å²) in [6, 6.07) is 0. The molecular formula is C36H71N2+. The average molecular weight is 532 g/mol. The molecule has 1 rings (SSSR count). The molecule has 0 saturated heterocycles. The summed E-state index contributed by atoms with van der Waals surface area (Å²) in [5.41, 5.74) is 0. The lowest BCUT2D eigenvalue weighted by molar-refractivity contribution is -0.702. The van der Waals surface area contributed by atoms with Gasteiger partial charge in [0.2, 0.25) is 0 Å². The van der Waals surface area contributed by atoms with Crippen molar-refractivity contribution in [2.24, 2.45) is 0 Å². The molecule has 0 aromatic carbocycles. The van der Waals surface area contributed by atoms with Crippen molar-refractivity contribution < 1.29 is 4.57 Å². The minimum absolute atomic E-state index is 1.20. The summed E-state index contributed by atoms with van der Waals surface area (Å²) in [4.78, 5) is 0. The maximum Gasteiger partial charge on any atom is 0.253 e. The zero-order valence-corrected chi connectivity index (χ0v) is 26.8. The van der Waals surface area contributed by atoms with Gasteiger partial charge in [-0.25, -0.2) is 9.13 Å². The molecule has 0 atom stereocenters. The molecule has 38 heavy (non-hydrogen) atoms. The van der Waals surface area contributed by atoms with Gasteiger partial charge in [-0.2, -0.15) is 0 Å². The van der Waals surface area contributed by atoms with Crippen LogP contribution in [0.3, 0.4) is 0 Å². The maximum absolute atomic E-state index is 2.49. The van der Waals surface area contributed by atoms with Gasteiger partial charge in [-0.3, -0.25) is 0 Å². The van der Waals surface area contributed by atoms with Crippen LogP contribution in [0.1, 0.15) is 199 Å². The molecule has 0 bridgehead atoms. The number of hydrogen-bond donors (Lipinski definition) is 0. The topological polar surface area (TPSA) is 8.81 Å². The highest BCUT2D eigenvalue weighted by molar-refractivity contribution is 4.79. The summed E-state index contributed by atoms with van der Waals surface area (Å²) in [6.07, 6.45) is 44.9. The van der Waals surface area contributed by atoms with E-state index in [0.29, 0.717) is 0 Å². The SMILES string of the molecule is CCCCCCCCCCCCCCCCCn1cc[n+](CCCCCCCCCCCCCCC)c1C. The first-order valence-corrected chi connectivity index (χ1v) is 17.8. The average Bonchev–Trinajstić information content (AvgIpc) is 3.27. The Balaban J connectivity index is 1.88. The van der Waals surface area contributed by atoms with Gasteiger partial charge in [0, 0.05) is 6.92 Å². The van der Waals surface area contributed by atoms with E-state index in [1.807, 2.05) is 0 Å². The zero-order valence-electron chi connectivity index (χ0n) is 26.8. The number of aromatic nitrogens is 2. The van der Waals surface area contributed by atoms with E-state index in [4.69, 9.17) is 0 Å². The summed E-state index contributed by atoms with van der Waals surface area (Å²) in [5.74, 6) is 1.45. The second kappa shape index (κ2) is 27.8. The van der Waals surface area contributed by atoms with Gasteiger partial charge in [0.15, 0.2) is 0 Å². The van der Waals surface area contributed by atoms with E-state index in [1.165, 1.54) is 199 Å². The van der Waals surface area contributed by atoms with Crippen LogP contribution in [0.2, 0.25) is 0 Å². The van der Waals surface area contributed by atoms with E-state index < -0.39 is 0 Å². The molecule has 0 amide bonds. The van der Waals surface area contributed by atoms with Crippen LogP contribution < -0.4 is 4.57 Å². The van der Waals surface area contributed by atoms with Crippen molar-refractivity contribution in [2.75, 3.05) is 0 Å². The van der Waals surface area contributed by atoms with Crippen LogP contribution in [0.5, 0.6) is 0 Å². The molecule has 0 N–H and O–H groups in total. The Hall–Kier alpha value is -0.790. The van der Waals surface area contributed by atoms with Gasteiger partial charge in [-0.15, -0.1) is 0 Å². The molecule has 0 saturated carbocycles. The van der Waals surface area contributed by atoms with Gasteiger partial charge in [-0.05, 0) is 25.7 Å².